The standard InChI is InChI=1S/C19H19F3O3/c1-23-14-11-17(24-2)15(18(12-14)25-3)9-6-8-13-7-4-5-10-16(13)19(20,21)22/h4-8,10-12H,9H2,1-3H3/b8-6+. The maximum atomic E-state index is 13.0. The highest BCUT2D eigenvalue weighted by Crippen LogP contribution is 2.35. The summed E-state index contributed by atoms with van der Waals surface area (Å²) in [6.45, 7) is 0. The molecule has 0 aromatic heterocycles. The van der Waals surface area contributed by atoms with Gasteiger partial charge in [-0.15, -0.1) is 0 Å². The van der Waals surface area contributed by atoms with Crippen LogP contribution in [-0.2, 0) is 12.6 Å². The fraction of sp³-hybridized carbons (Fsp3) is 0.263. The van der Waals surface area contributed by atoms with E-state index >= 15 is 0 Å². The Morgan fingerprint density at radius 3 is 2.04 bits per heavy atom. The number of hydrogen-bond donors (Lipinski definition) is 0. The molecule has 0 amide bonds. The van der Waals surface area contributed by atoms with Crippen molar-refractivity contribution in [3.8, 4) is 17.2 Å². The summed E-state index contributed by atoms with van der Waals surface area (Å²) in [5.41, 5.74) is 0.174. The summed E-state index contributed by atoms with van der Waals surface area (Å²) in [4.78, 5) is 0. The summed E-state index contributed by atoms with van der Waals surface area (Å²) in [7, 11) is 4.56. The Bertz CT molecular complexity index is 727. The van der Waals surface area contributed by atoms with E-state index in [0.717, 1.165) is 11.6 Å². The molecule has 0 fully saturated rings. The van der Waals surface area contributed by atoms with Gasteiger partial charge in [-0.3, -0.25) is 0 Å². The van der Waals surface area contributed by atoms with Crippen LogP contribution in [0.5, 0.6) is 17.2 Å². The lowest BCUT2D eigenvalue weighted by Gasteiger charge is -2.14. The summed E-state index contributed by atoms with van der Waals surface area (Å²) in [5.74, 6) is 1.67. The molecule has 6 heteroatoms. The maximum Gasteiger partial charge on any atom is 0.416 e. The van der Waals surface area contributed by atoms with Gasteiger partial charge in [-0.05, 0) is 18.1 Å². The van der Waals surface area contributed by atoms with Crippen LogP contribution in [0.15, 0.2) is 42.5 Å². The topological polar surface area (TPSA) is 27.7 Å². The summed E-state index contributed by atoms with van der Waals surface area (Å²) in [6.07, 6.45) is -0.942. The smallest absolute Gasteiger partial charge is 0.416 e. The van der Waals surface area contributed by atoms with Gasteiger partial charge >= 0.3 is 6.18 Å². The van der Waals surface area contributed by atoms with Gasteiger partial charge in [0.05, 0.1) is 26.9 Å². The van der Waals surface area contributed by atoms with Gasteiger partial charge in [0, 0.05) is 17.7 Å². The van der Waals surface area contributed by atoms with Crippen LogP contribution in [-0.4, -0.2) is 21.3 Å². The van der Waals surface area contributed by atoms with E-state index in [4.69, 9.17) is 14.2 Å². The molecule has 0 aliphatic rings. The summed E-state index contributed by atoms with van der Waals surface area (Å²) in [5, 5.41) is 0. The van der Waals surface area contributed by atoms with Gasteiger partial charge in [0.15, 0.2) is 0 Å². The SMILES string of the molecule is COc1cc(OC)c(C/C=C/c2ccccc2C(F)(F)F)c(OC)c1. The largest absolute Gasteiger partial charge is 0.496 e. The van der Waals surface area contributed by atoms with Gasteiger partial charge < -0.3 is 14.2 Å². The molecule has 2 rings (SSSR count). The zero-order valence-corrected chi connectivity index (χ0v) is 14.2. The Labute approximate surface area is 144 Å². The number of rotatable bonds is 6. The molecule has 2 aromatic rings. The molecule has 3 nitrogen and oxygen atoms in total. The second-order valence-corrected chi connectivity index (χ2v) is 5.20. The summed E-state index contributed by atoms with van der Waals surface area (Å²) >= 11 is 0. The van der Waals surface area contributed by atoms with E-state index in [-0.39, 0.29) is 5.56 Å². The molecule has 0 heterocycles. The Balaban J connectivity index is 2.32. The Hall–Kier alpha value is -2.63. The van der Waals surface area contributed by atoms with Gasteiger partial charge in [-0.2, -0.15) is 13.2 Å². The number of methoxy groups -OCH3 is 3. The quantitative estimate of drug-likeness (QED) is 0.733. The van der Waals surface area contributed by atoms with Crippen molar-refractivity contribution >= 4 is 6.08 Å². The average Bonchev–Trinajstić information content (AvgIpc) is 2.61. The normalized spacial score (nSPS) is 11.6. The monoisotopic (exact) mass is 352 g/mol. The molecule has 0 aliphatic heterocycles. The molecular weight excluding hydrogens is 333 g/mol. The molecule has 25 heavy (non-hydrogen) atoms. The first-order valence-corrected chi connectivity index (χ1v) is 7.52. The van der Waals surface area contributed by atoms with Crippen LogP contribution in [0, 0.1) is 0 Å². The van der Waals surface area contributed by atoms with Crippen LogP contribution in [0.4, 0.5) is 13.2 Å². The summed E-state index contributed by atoms with van der Waals surface area (Å²) < 4.78 is 54.9. The minimum atomic E-state index is -4.39. The molecule has 0 atom stereocenters. The van der Waals surface area contributed by atoms with E-state index in [1.807, 2.05) is 0 Å². The Morgan fingerprint density at radius 2 is 1.52 bits per heavy atom. The van der Waals surface area contributed by atoms with E-state index in [1.54, 1.807) is 24.3 Å². The van der Waals surface area contributed by atoms with E-state index in [0.29, 0.717) is 23.7 Å². The van der Waals surface area contributed by atoms with E-state index < -0.39 is 11.7 Å². The lowest BCUT2D eigenvalue weighted by Crippen LogP contribution is -2.06. The molecule has 0 aliphatic carbocycles. The number of alkyl halides is 3. The van der Waals surface area contributed by atoms with Crippen molar-refractivity contribution in [2.24, 2.45) is 0 Å². The predicted octanol–water partition coefficient (Wildman–Crippen LogP) is 4.99. The number of halogens is 3. The molecule has 0 spiro atoms. The first-order chi connectivity index (χ1) is 11.9. The fourth-order valence-electron chi connectivity index (χ4n) is 2.48. The van der Waals surface area contributed by atoms with Crippen LogP contribution >= 0.6 is 0 Å². The van der Waals surface area contributed by atoms with Crippen molar-refractivity contribution in [3.05, 3.63) is 59.2 Å². The minimum absolute atomic E-state index is 0.112. The van der Waals surface area contributed by atoms with Crippen molar-refractivity contribution in [2.45, 2.75) is 12.6 Å². The molecular formula is C19H19F3O3. The van der Waals surface area contributed by atoms with Crippen molar-refractivity contribution < 1.29 is 27.4 Å². The first-order valence-electron chi connectivity index (χ1n) is 7.52. The predicted molar refractivity (Wildman–Crippen MR) is 90.3 cm³/mol. The molecule has 2 aromatic carbocycles. The Kier molecular flexibility index (Phi) is 5.96. The Morgan fingerprint density at radius 1 is 0.920 bits per heavy atom. The third kappa shape index (κ3) is 4.47. The van der Waals surface area contributed by atoms with Crippen molar-refractivity contribution in [3.63, 3.8) is 0 Å². The number of benzene rings is 2. The van der Waals surface area contributed by atoms with Crippen molar-refractivity contribution in [1.29, 1.82) is 0 Å². The van der Waals surface area contributed by atoms with E-state index in [9.17, 15) is 13.2 Å². The molecule has 0 saturated heterocycles. The minimum Gasteiger partial charge on any atom is -0.496 e. The lowest BCUT2D eigenvalue weighted by molar-refractivity contribution is -0.137. The molecule has 134 valence electrons. The second-order valence-electron chi connectivity index (χ2n) is 5.20. The highest BCUT2D eigenvalue weighted by molar-refractivity contribution is 5.57. The lowest BCUT2D eigenvalue weighted by atomic mass is 10.0. The molecule has 0 saturated carbocycles. The van der Waals surface area contributed by atoms with Gasteiger partial charge in [0.1, 0.15) is 17.2 Å². The first kappa shape index (κ1) is 18.7. The molecule has 0 N–H and O–H groups in total. The average molecular weight is 352 g/mol. The van der Waals surface area contributed by atoms with Crippen molar-refractivity contribution in [2.75, 3.05) is 21.3 Å². The number of hydrogen-bond acceptors (Lipinski definition) is 3. The molecule has 0 unspecified atom stereocenters. The zero-order valence-electron chi connectivity index (χ0n) is 14.2. The van der Waals surface area contributed by atoms with Crippen LogP contribution < -0.4 is 14.2 Å². The highest BCUT2D eigenvalue weighted by Gasteiger charge is 2.32. The zero-order chi connectivity index (χ0) is 18.4. The van der Waals surface area contributed by atoms with Gasteiger partial charge in [0.2, 0.25) is 0 Å². The molecule has 0 bridgehead atoms. The van der Waals surface area contributed by atoms with Gasteiger partial charge in [-0.25, -0.2) is 0 Å². The van der Waals surface area contributed by atoms with Gasteiger partial charge in [-0.1, -0.05) is 30.4 Å². The van der Waals surface area contributed by atoms with Crippen molar-refractivity contribution in [1.82, 2.24) is 0 Å². The third-order valence-corrected chi connectivity index (χ3v) is 3.70. The van der Waals surface area contributed by atoms with Gasteiger partial charge in [0.25, 0.3) is 0 Å². The summed E-state index contributed by atoms with van der Waals surface area (Å²) in [6, 6.07) is 8.85. The van der Waals surface area contributed by atoms with E-state index in [1.165, 1.54) is 39.5 Å². The number of ether oxygens (including phenoxy) is 3. The number of allylic oxidation sites excluding steroid dienone is 1. The molecule has 0 radical (unpaired) electrons. The second kappa shape index (κ2) is 7.96. The fourth-order valence-corrected chi connectivity index (χ4v) is 2.48. The van der Waals surface area contributed by atoms with Crippen LogP contribution in [0.3, 0.4) is 0 Å². The van der Waals surface area contributed by atoms with Crippen LogP contribution in [0.1, 0.15) is 16.7 Å². The third-order valence-electron chi connectivity index (χ3n) is 3.70. The van der Waals surface area contributed by atoms with Crippen LogP contribution in [0.25, 0.3) is 6.08 Å². The van der Waals surface area contributed by atoms with Crippen LogP contribution in [0.2, 0.25) is 0 Å². The highest BCUT2D eigenvalue weighted by atomic mass is 19.4. The van der Waals surface area contributed by atoms with E-state index in [2.05, 4.69) is 0 Å². The maximum absolute atomic E-state index is 13.0.